The maximum atomic E-state index is 12.4. The minimum atomic E-state index is -0.528. The number of aromatic nitrogens is 1. The van der Waals surface area contributed by atoms with E-state index >= 15 is 0 Å². The normalized spacial score (nSPS) is 10.1. The zero-order valence-electron chi connectivity index (χ0n) is 16.0. The lowest BCUT2D eigenvalue weighted by molar-refractivity contribution is 0.0518. The summed E-state index contributed by atoms with van der Waals surface area (Å²) in [6.07, 6.45) is 1.44. The van der Waals surface area contributed by atoms with Crippen LogP contribution in [0.4, 0.5) is 11.4 Å². The Hall–Kier alpha value is -3.32. The lowest BCUT2D eigenvalue weighted by Crippen LogP contribution is -2.10. The predicted octanol–water partition coefficient (Wildman–Crippen LogP) is 4.46. The van der Waals surface area contributed by atoms with Crippen LogP contribution in [0, 0.1) is 0 Å². The van der Waals surface area contributed by atoms with Gasteiger partial charge >= 0.3 is 11.9 Å². The summed E-state index contributed by atoms with van der Waals surface area (Å²) in [6, 6.07) is 11.4. The highest BCUT2D eigenvalue weighted by molar-refractivity contribution is 6.07. The van der Waals surface area contributed by atoms with Crippen molar-refractivity contribution in [2.24, 2.45) is 0 Å². The number of hydrogen-bond acceptors (Lipinski definition) is 7. The Bertz CT molecular complexity index is 1020. The highest BCUT2D eigenvalue weighted by atomic mass is 35.5. The molecule has 0 fully saturated rings. The van der Waals surface area contributed by atoms with E-state index in [0.29, 0.717) is 27.8 Å². The maximum absolute atomic E-state index is 12.4. The fourth-order valence-electron chi connectivity index (χ4n) is 2.72. The van der Waals surface area contributed by atoms with Crippen molar-refractivity contribution < 1.29 is 24.2 Å². The van der Waals surface area contributed by atoms with E-state index in [-0.39, 0.29) is 36.9 Å². The topological polar surface area (TPSA) is 97.8 Å². The zero-order valence-corrected chi connectivity index (χ0v) is 16.8. The molecular formula is C21H21ClN2O5. The highest BCUT2D eigenvalue weighted by Gasteiger charge is 2.18. The lowest BCUT2D eigenvalue weighted by Gasteiger charge is -2.15. The Morgan fingerprint density at radius 1 is 1.00 bits per heavy atom. The number of aromatic hydroxyl groups is 1. The van der Waals surface area contributed by atoms with Crippen LogP contribution in [0.3, 0.4) is 0 Å². The molecule has 1 heterocycles. The Morgan fingerprint density at radius 2 is 1.66 bits per heavy atom. The van der Waals surface area contributed by atoms with Crippen LogP contribution in [-0.4, -0.2) is 35.2 Å². The Kier molecular flexibility index (Phi) is 7.39. The van der Waals surface area contributed by atoms with Gasteiger partial charge in [-0.15, -0.1) is 12.4 Å². The quantitative estimate of drug-likeness (QED) is 0.452. The van der Waals surface area contributed by atoms with Crippen molar-refractivity contribution >= 4 is 46.6 Å². The smallest absolute Gasteiger partial charge is 0.341 e. The number of fused-ring (bicyclic) bond motifs is 1. The van der Waals surface area contributed by atoms with Crippen LogP contribution in [0.1, 0.15) is 34.6 Å². The van der Waals surface area contributed by atoms with Crippen molar-refractivity contribution in [3.05, 3.63) is 59.8 Å². The number of halogens is 1. The third kappa shape index (κ3) is 4.94. The number of phenols is 1. The minimum absolute atomic E-state index is 0. The zero-order chi connectivity index (χ0) is 20.1. The molecule has 0 aliphatic carbocycles. The molecule has 0 spiro atoms. The Labute approximate surface area is 174 Å². The van der Waals surface area contributed by atoms with E-state index in [1.54, 1.807) is 44.2 Å². The second kappa shape index (κ2) is 9.75. The van der Waals surface area contributed by atoms with Gasteiger partial charge in [0, 0.05) is 17.3 Å². The molecule has 2 aromatic carbocycles. The van der Waals surface area contributed by atoms with Gasteiger partial charge in [0.2, 0.25) is 0 Å². The number of hydrogen-bond donors (Lipinski definition) is 2. The van der Waals surface area contributed by atoms with Gasteiger partial charge in [0.05, 0.1) is 30.0 Å². The number of anilines is 2. The minimum Gasteiger partial charge on any atom is -0.508 e. The Balaban J connectivity index is 0.00000300. The first-order valence-electron chi connectivity index (χ1n) is 8.86. The van der Waals surface area contributed by atoms with Crippen LogP contribution in [0.15, 0.2) is 48.7 Å². The van der Waals surface area contributed by atoms with Crippen molar-refractivity contribution in [1.82, 2.24) is 4.98 Å². The summed E-state index contributed by atoms with van der Waals surface area (Å²) in [5.74, 6) is -0.860. The summed E-state index contributed by atoms with van der Waals surface area (Å²) in [4.78, 5) is 28.9. The Morgan fingerprint density at radius 3 is 2.31 bits per heavy atom. The number of esters is 2. The molecule has 7 nitrogen and oxygen atoms in total. The van der Waals surface area contributed by atoms with Crippen LogP contribution in [0.5, 0.6) is 5.75 Å². The van der Waals surface area contributed by atoms with Gasteiger partial charge in [0.1, 0.15) is 11.3 Å². The summed E-state index contributed by atoms with van der Waals surface area (Å²) >= 11 is 0. The number of benzene rings is 2. The molecule has 0 radical (unpaired) electrons. The SMILES string of the molecule is CCOC(=O)c1ccc2ncc(C(=O)OCC)c(Nc3ccc(O)cc3)c2c1.Cl. The molecule has 0 saturated carbocycles. The van der Waals surface area contributed by atoms with Gasteiger partial charge in [-0.25, -0.2) is 9.59 Å². The van der Waals surface area contributed by atoms with E-state index in [0.717, 1.165) is 0 Å². The number of nitrogens with zero attached hydrogens (tertiary/aromatic N) is 1. The second-order valence-electron chi connectivity index (χ2n) is 5.89. The number of nitrogens with one attached hydrogen (secondary N) is 1. The van der Waals surface area contributed by atoms with Crippen molar-refractivity contribution in [3.8, 4) is 5.75 Å². The van der Waals surface area contributed by atoms with Crippen LogP contribution in [-0.2, 0) is 9.47 Å². The first-order chi connectivity index (χ1) is 13.5. The molecular weight excluding hydrogens is 396 g/mol. The molecule has 3 aromatic rings. The first-order valence-corrected chi connectivity index (χ1v) is 8.86. The predicted molar refractivity (Wildman–Crippen MR) is 112 cm³/mol. The van der Waals surface area contributed by atoms with Crippen LogP contribution < -0.4 is 5.32 Å². The van der Waals surface area contributed by atoms with E-state index in [2.05, 4.69) is 10.3 Å². The molecule has 152 valence electrons. The van der Waals surface area contributed by atoms with Crippen molar-refractivity contribution in [2.75, 3.05) is 18.5 Å². The largest absolute Gasteiger partial charge is 0.508 e. The molecule has 0 atom stereocenters. The summed E-state index contributed by atoms with van der Waals surface area (Å²) < 4.78 is 10.2. The van der Waals surface area contributed by atoms with Gasteiger partial charge in [0.15, 0.2) is 0 Å². The van der Waals surface area contributed by atoms with Crippen LogP contribution in [0.2, 0.25) is 0 Å². The number of phenolic OH excluding ortho intramolecular Hbond substituents is 1. The molecule has 0 aliphatic rings. The van der Waals surface area contributed by atoms with Crippen molar-refractivity contribution in [1.29, 1.82) is 0 Å². The second-order valence-corrected chi connectivity index (χ2v) is 5.89. The average molecular weight is 417 g/mol. The van der Waals surface area contributed by atoms with Crippen molar-refractivity contribution in [2.45, 2.75) is 13.8 Å². The molecule has 1 aromatic heterocycles. The fraction of sp³-hybridized carbons (Fsp3) is 0.190. The van der Waals surface area contributed by atoms with E-state index in [1.807, 2.05) is 0 Å². The molecule has 3 rings (SSSR count). The standard InChI is InChI=1S/C21H20N2O5.ClH/c1-3-27-20(25)13-5-10-18-16(11-13)19(17(12-22-18)21(26)28-4-2)23-14-6-8-15(24)9-7-14;/h5-12,24H,3-4H2,1-2H3,(H,22,23);1H. The van der Waals surface area contributed by atoms with Gasteiger partial charge in [-0.2, -0.15) is 0 Å². The molecule has 0 amide bonds. The van der Waals surface area contributed by atoms with E-state index in [4.69, 9.17) is 9.47 Å². The van der Waals surface area contributed by atoms with E-state index in [9.17, 15) is 14.7 Å². The summed E-state index contributed by atoms with van der Waals surface area (Å²) in [7, 11) is 0. The highest BCUT2D eigenvalue weighted by Crippen LogP contribution is 2.31. The fourth-order valence-corrected chi connectivity index (χ4v) is 2.72. The molecule has 29 heavy (non-hydrogen) atoms. The number of ether oxygens (including phenoxy) is 2. The third-order valence-electron chi connectivity index (χ3n) is 4.01. The van der Waals surface area contributed by atoms with Gasteiger partial charge in [0.25, 0.3) is 0 Å². The molecule has 0 saturated heterocycles. The molecule has 0 unspecified atom stereocenters. The molecule has 8 heteroatoms. The maximum Gasteiger partial charge on any atom is 0.341 e. The summed E-state index contributed by atoms with van der Waals surface area (Å²) in [5, 5.41) is 13.2. The van der Waals surface area contributed by atoms with E-state index in [1.165, 1.54) is 18.3 Å². The third-order valence-corrected chi connectivity index (χ3v) is 4.01. The van der Waals surface area contributed by atoms with Crippen molar-refractivity contribution in [3.63, 3.8) is 0 Å². The number of rotatable bonds is 6. The number of carbonyl (C=O) groups excluding carboxylic acids is 2. The average Bonchev–Trinajstić information content (AvgIpc) is 2.70. The molecule has 2 N–H and O–H groups in total. The lowest BCUT2D eigenvalue weighted by atomic mass is 10.1. The van der Waals surface area contributed by atoms with Gasteiger partial charge in [-0.1, -0.05) is 0 Å². The first kappa shape index (κ1) is 22.0. The van der Waals surface area contributed by atoms with Crippen LogP contribution in [0.25, 0.3) is 10.9 Å². The molecule has 0 bridgehead atoms. The summed E-state index contributed by atoms with van der Waals surface area (Å²) in [5.41, 5.74) is 2.30. The van der Waals surface area contributed by atoms with Gasteiger partial charge in [-0.05, 0) is 56.3 Å². The molecule has 0 aliphatic heterocycles. The number of pyridine rings is 1. The van der Waals surface area contributed by atoms with Gasteiger partial charge in [-0.3, -0.25) is 4.98 Å². The van der Waals surface area contributed by atoms with Crippen LogP contribution >= 0.6 is 12.4 Å². The monoisotopic (exact) mass is 416 g/mol. The van der Waals surface area contributed by atoms with E-state index < -0.39 is 11.9 Å². The van der Waals surface area contributed by atoms with Gasteiger partial charge < -0.3 is 19.9 Å². The number of carbonyl (C=O) groups is 2. The summed E-state index contributed by atoms with van der Waals surface area (Å²) in [6.45, 7) is 3.93.